The lowest BCUT2D eigenvalue weighted by Crippen LogP contribution is -2.44. The summed E-state index contributed by atoms with van der Waals surface area (Å²) in [7, 11) is -3.34. The zero-order valence-corrected chi connectivity index (χ0v) is 26.6. The third-order valence-electron chi connectivity index (χ3n) is 8.37. The quantitative estimate of drug-likeness (QED) is 0.183. The number of hydrogen-bond acceptors (Lipinski definition) is 8. The van der Waals surface area contributed by atoms with Gasteiger partial charge in [0.15, 0.2) is 15.6 Å². The normalized spacial score (nSPS) is 17.4. The molecule has 0 atom stereocenters. The number of nitrogens with zero attached hydrogens (tertiary/aromatic N) is 4. The van der Waals surface area contributed by atoms with Gasteiger partial charge in [-0.3, -0.25) is 24.3 Å². The van der Waals surface area contributed by atoms with Crippen LogP contribution in [-0.4, -0.2) is 81.0 Å². The van der Waals surface area contributed by atoms with Crippen LogP contribution in [0.4, 0.5) is 0 Å². The average Bonchev–Trinajstić information content (AvgIpc) is 3.05. The number of ketones is 1. The average molecular weight is 630 g/mol. The summed E-state index contributed by atoms with van der Waals surface area (Å²) in [5, 5.41) is 12.1. The number of sulfone groups is 1. The molecular weight excluding hydrogens is 590 g/mol. The van der Waals surface area contributed by atoms with Gasteiger partial charge >= 0.3 is 0 Å². The minimum absolute atomic E-state index is 0.0577. The van der Waals surface area contributed by atoms with Crippen LogP contribution in [0.25, 0.3) is 0 Å². The minimum atomic E-state index is -3.34. The van der Waals surface area contributed by atoms with Gasteiger partial charge in [0.25, 0.3) is 5.91 Å². The molecule has 2 aromatic carbocycles. The number of allylic oxidation sites excluding steroid dienone is 2. The van der Waals surface area contributed by atoms with Crippen molar-refractivity contribution in [2.45, 2.75) is 50.1 Å². The molecule has 2 aliphatic rings. The number of Topliss-reactive ketones (excluding diaryl/α,β-unsaturated/α-hetero) is 1. The summed E-state index contributed by atoms with van der Waals surface area (Å²) >= 11 is 0. The van der Waals surface area contributed by atoms with Gasteiger partial charge in [-0.2, -0.15) is 5.26 Å². The lowest BCUT2D eigenvalue weighted by molar-refractivity contribution is -0.128. The van der Waals surface area contributed by atoms with Gasteiger partial charge in [-0.15, -0.1) is 0 Å². The maximum absolute atomic E-state index is 13.1. The van der Waals surface area contributed by atoms with Gasteiger partial charge in [0.1, 0.15) is 5.70 Å². The van der Waals surface area contributed by atoms with Crippen LogP contribution in [-0.2, 0) is 26.0 Å². The van der Waals surface area contributed by atoms with Crippen LogP contribution in [0.3, 0.4) is 0 Å². The molecule has 0 unspecified atom stereocenters. The second-order valence-corrected chi connectivity index (χ2v) is 13.6. The maximum atomic E-state index is 13.1. The van der Waals surface area contributed by atoms with Crippen molar-refractivity contribution in [2.24, 2.45) is 10.9 Å². The van der Waals surface area contributed by atoms with Crippen molar-refractivity contribution in [2.75, 3.05) is 32.4 Å². The van der Waals surface area contributed by atoms with Crippen molar-refractivity contribution in [3.05, 3.63) is 88.6 Å². The van der Waals surface area contributed by atoms with E-state index in [1.165, 1.54) is 30.3 Å². The Balaban J connectivity index is 1.24. The molecule has 1 N–H and O–H groups in total. The first-order valence-corrected chi connectivity index (χ1v) is 16.9. The molecule has 2 aromatic rings. The third-order valence-corrected chi connectivity index (χ3v) is 9.50. The predicted molar refractivity (Wildman–Crippen MR) is 172 cm³/mol. The fourth-order valence-corrected chi connectivity index (χ4v) is 6.19. The van der Waals surface area contributed by atoms with E-state index < -0.39 is 9.84 Å². The number of amides is 2. The van der Waals surface area contributed by atoms with Crippen LogP contribution >= 0.6 is 0 Å². The summed E-state index contributed by atoms with van der Waals surface area (Å²) in [4.78, 5) is 47.0. The summed E-state index contributed by atoms with van der Waals surface area (Å²) in [6.07, 6.45) is 6.81. The van der Waals surface area contributed by atoms with Gasteiger partial charge in [-0.05, 0) is 75.2 Å². The van der Waals surface area contributed by atoms with E-state index in [1.807, 2.05) is 24.3 Å². The first-order chi connectivity index (χ1) is 21.5. The number of benzene rings is 2. The smallest absolute Gasteiger partial charge is 0.272 e. The predicted octanol–water partition coefficient (Wildman–Crippen LogP) is 3.69. The highest BCUT2D eigenvalue weighted by Crippen LogP contribution is 2.24. The molecule has 0 aromatic heterocycles. The molecule has 2 fully saturated rings. The van der Waals surface area contributed by atoms with Gasteiger partial charge in [0.2, 0.25) is 5.91 Å². The highest BCUT2D eigenvalue weighted by Gasteiger charge is 2.29. The highest BCUT2D eigenvalue weighted by molar-refractivity contribution is 7.90. The van der Waals surface area contributed by atoms with Crippen LogP contribution < -0.4 is 5.32 Å². The third kappa shape index (κ3) is 9.06. The molecule has 2 saturated heterocycles. The molecule has 0 radical (unpaired) electrons. The van der Waals surface area contributed by atoms with Crippen molar-refractivity contribution in [1.82, 2.24) is 15.1 Å². The van der Waals surface area contributed by atoms with E-state index in [0.29, 0.717) is 42.6 Å². The van der Waals surface area contributed by atoms with Gasteiger partial charge in [0.05, 0.1) is 16.5 Å². The van der Waals surface area contributed by atoms with Crippen LogP contribution in [0.1, 0.15) is 54.1 Å². The van der Waals surface area contributed by atoms with E-state index in [0.717, 1.165) is 44.3 Å². The largest absolute Gasteiger partial charge is 0.349 e. The zero-order valence-electron chi connectivity index (χ0n) is 25.7. The van der Waals surface area contributed by atoms with E-state index in [2.05, 4.69) is 28.0 Å². The minimum Gasteiger partial charge on any atom is -0.349 e. The number of likely N-dealkylation sites (tertiary alicyclic amines) is 2. The summed E-state index contributed by atoms with van der Waals surface area (Å²) < 4.78 is 23.4. The molecular formula is C34H39N5O5S. The number of aliphatic imine (C=N–C) groups is 1. The first-order valence-electron chi connectivity index (χ1n) is 15.0. The molecule has 45 heavy (non-hydrogen) atoms. The summed E-state index contributed by atoms with van der Waals surface area (Å²) in [5.74, 6) is -0.846. The maximum Gasteiger partial charge on any atom is 0.272 e. The van der Waals surface area contributed by atoms with Crippen molar-refractivity contribution in [3.8, 4) is 6.07 Å². The van der Waals surface area contributed by atoms with E-state index >= 15 is 0 Å². The molecule has 2 aliphatic heterocycles. The molecule has 2 amide bonds. The van der Waals surface area contributed by atoms with Crippen LogP contribution in [0, 0.1) is 17.2 Å². The lowest BCUT2D eigenvalue weighted by Gasteiger charge is -2.32. The molecule has 10 nitrogen and oxygen atoms in total. The van der Waals surface area contributed by atoms with Gasteiger partial charge in [-0.1, -0.05) is 30.3 Å². The summed E-state index contributed by atoms with van der Waals surface area (Å²) in [6.45, 7) is 8.47. The van der Waals surface area contributed by atoms with Gasteiger partial charge < -0.3 is 10.2 Å². The number of hydrogen-bond donors (Lipinski definition) is 1. The Kier molecular flexibility index (Phi) is 11.2. The van der Waals surface area contributed by atoms with Gasteiger partial charge in [0, 0.05) is 62.1 Å². The number of nitriles is 1. The topological polar surface area (TPSA) is 140 Å². The SMILES string of the molecule is C=N/C(=C\C=C(/C)C(=O)NC1CCN(Cc2ccc(C#N)cc2)CC1)C(=O)N1CCC(C(=O)c2ccc(S(C)(=O)=O)cc2)CC1. The molecule has 4 rings (SSSR count). The fourth-order valence-electron chi connectivity index (χ4n) is 5.56. The Morgan fingerprint density at radius 2 is 1.60 bits per heavy atom. The lowest BCUT2D eigenvalue weighted by atomic mass is 9.89. The summed E-state index contributed by atoms with van der Waals surface area (Å²) in [6, 6.07) is 15.7. The van der Waals surface area contributed by atoms with Crippen molar-refractivity contribution in [1.29, 1.82) is 5.26 Å². The van der Waals surface area contributed by atoms with E-state index in [1.54, 1.807) is 17.9 Å². The molecule has 2 heterocycles. The monoisotopic (exact) mass is 629 g/mol. The molecule has 0 spiro atoms. The second kappa shape index (κ2) is 15.1. The van der Waals surface area contributed by atoms with Crippen LogP contribution in [0.5, 0.6) is 0 Å². The summed E-state index contributed by atoms with van der Waals surface area (Å²) in [5.41, 5.74) is 2.83. The van der Waals surface area contributed by atoms with Crippen molar-refractivity contribution < 1.29 is 22.8 Å². The molecule has 0 saturated carbocycles. The molecule has 11 heteroatoms. The van der Waals surface area contributed by atoms with E-state index in [-0.39, 0.29) is 40.1 Å². The van der Waals surface area contributed by atoms with Gasteiger partial charge in [-0.25, -0.2) is 8.42 Å². The number of rotatable bonds is 10. The zero-order chi connectivity index (χ0) is 32.6. The first kappa shape index (κ1) is 33.5. The Hall–Kier alpha value is -4.40. The Morgan fingerprint density at radius 3 is 2.16 bits per heavy atom. The molecule has 0 aliphatic carbocycles. The fraction of sp³-hybridized carbons (Fsp3) is 0.382. The van der Waals surface area contributed by atoms with E-state index in [4.69, 9.17) is 5.26 Å². The van der Waals surface area contributed by atoms with Crippen molar-refractivity contribution >= 4 is 34.2 Å². The Morgan fingerprint density at radius 1 is 0.978 bits per heavy atom. The number of piperidine rings is 2. The van der Waals surface area contributed by atoms with Crippen molar-refractivity contribution in [3.63, 3.8) is 0 Å². The Bertz CT molecular complexity index is 1620. The molecule has 236 valence electrons. The number of carbonyl (C=O) groups excluding carboxylic acids is 3. The molecule has 0 bridgehead atoms. The number of nitrogens with one attached hydrogen (secondary N) is 1. The van der Waals surface area contributed by atoms with Crippen LogP contribution in [0.15, 0.2) is 81.8 Å². The Labute approximate surface area is 265 Å². The number of carbonyl (C=O) groups is 3. The van der Waals surface area contributed by atoms with Crippen LogP contribution in [0.2, 0.25) is 0 Å². The second-order valence-electron chi connectivity index (χ2n) is 11.6. The highest BCUT2D eigenvalue weighted by atomic mass is 32.2. The van der Waals surface area contributed by atoms with E-state index in [9.17, 15) is 22.8 Å². The standard InChI is InChI=1S/C34H39N5O5S/c1-24(33(41)37-29-16-18-38(19-17-29)23-26-7-5-25(22-35)6-8-26)4-13-31(36-2)34(42)39-20-14-28(15-21-39)32(40)27-9-11-30(12-10-27)45(3,43)44/h4-13,28-29H,2,14-21,23H2,1,3H3,(H,37,41)/b24-4+,31-13-.